The molecule has 0 atom stereocenters. The zero-order chi connectivity index (χ0) is 18.1. The van der Waals surface area contributed by atoms with Crippen LogP contribution in [-0.2, 0) is 13.0 Å². The highest BCUT2D eigenvalue weighted by Crippen LogP contribution is 2.33. The van der Waals surface area contributed by atoms with Crippen LogP contribution in [0.5, 0.6) is 0 Å². The zero-order valence-electron chi connectivity index (χ0n) is 13.6. The summed E-state index contributed by atoms with van der Waals surface area (Å²) in [6, 6.07) is 11.0. The molecular formula is C18H14ClN5OS. The Morgan fingerprint density at radius 1 is 1.42 bits per heavy atom. The van der Waals surface area contributed by atoms with Crippen LogP contribution < -0.4 is 5.32 Å². The number of halogens is 1. The SMILES string of the molecule is N#Cc1sccc1-c1n[nH]c2c1CN(C(=O)Nc1cccc(Cl)c1)CC2. The predicted octanol–water partition coefficient (Wildman–Crippen LogP) is 4.25. The number of aromatic nitrogens is 2. The summed E-state index contributed by atoms with van der Waals surface area (Å²) in [7, 11) is 0. The zero-order valence-corrected chi connectivity index (χ0v) is 15.2. The quantitative estimate of drug-likeness (QED) is 0.693. The molecule has 3 heterocycles. The number of thiophene rings is 1. The third-order valence-corrected chi connectivity index (χ3v) is 5.37. The van der Waals surface area contributed by atoms with Crippen LogP contribution in [0.25, 0.3) is 11.3 Å². The van der Waals surface area contributed by atoms with Gasteiger partial charge in [0, 0.05) is 40.5 Å². The predicted molar refractivity (Wildman–Crippen MR) is 101 cm³/mol. The maximum Gasteiger partial charge on any atom is 0.322 e. The molecule has 6 nitrogen and oxygen atoms in total. The van der Waals surface area contributed by atoms with Crippen molar-refractivity contribution in [2.45, 2.75) is 13.0 Å². The van der Waals surface area contributed by atoms with Gasteiger partial charge in [0.05, 0.1) is 12.2 Å². The molecule has 3 aromatic rings. The molecule has 2 N–H and O–H groups in total. The summed E-state index contributed by atoms with van der Waals surface area (Å²) in [5, 5.41) is 22.0. The number of carbonyl (C=O) groups excluding carboxylic acids is 1. The van der Waals surface area contributed by atoms with Crippen molar-refractivity contribution in [3.63, 3.8) is 0 Å². The van der Waals surface area contributed by atoms with Crippen LogP contribution in [0.3, 0.4) is 0 Å². The summed E-state index contributed by atoms with van der Waals surface area (Å²) in [4.78, 5) is 15.0. The highest BCUT2D eigenvalue weighted by Gasteiger charge is 2.27. The minimum atomic E-state index is -0.184. The third-order valence-electron chi connectivity index (χ3n) is 4.32. The van der Waals surface area contributed by atoms with Crippen molar-refractivity contribution < 1.29 is 4.79 Å². The number of hydrogen-bond acceptors (Lipinski definition) is 4. The number of H-pyrrole nitrogens is 1. The third kappa shape index (κ3) is 3.05. The Balaban J connectivity index is 1.57. The second kappa shape index (κ2) is 6.83. The molecule has 0 unspecified atom stereocenters. The van der Waals surface area contributed by atoms with E-state index in [1.54, 1.807) is 29.2 Å². The number of nitrogens with one attached hydrogen (secondary N) is 2. The van der Waals surface area contributed by atoms with Crippen molar-refractivity contribution in [3.05, 3.63) is 56.9 Å². The second-order valence-electron chi connectivity index (χ2n) is 5.92. The molecule has 0 fully saturated rings. The highest BCUT2D eigenvalue weighted by molar-refractivity contribution is 7.11. The molecule has 0 aliphatic carbocycles. The van der Waals surface area contributed by atoms with Gasteiger partial charge >= 0.3 is 6.03 Å². The van der Waals surface area contributed by atoms with Crippen molar-refractivity contribution in [1.29, 1.82) is 5.26 Å². The average Bonchev–Trinajstić information content (AvgIpc) is 3.27. The van der Waals surface area contributed by atoms with E-state index in [1.165, 1.54) is 11.3 Å². The van der Waals surface area contributed by atoms with E-state index in [9.17, 15) is 10.1 Å². The van der Waals surface area contributed by atoms with Gasteiger partial charge in [0.1, 0.15) is 10.9 Å². The number of nitriles is 1. The number of anilines is 1. The van der Waals surface area contributed by atoms with Gasteiger partial charge in [-0.25, -0.2) is 4.79 Å². The van der Waals surface area contributed by atoms with Crippen LogP contribution in [0.15, 0.2) is 35.7 Å². The van der Waals surface area contributed by atoms with Crippen LogP contribution in [0.2, 0.25) is 5.02 Å². The lowest BCUT2D eigenvalue weighted by Crippen LogP contribution is -2.38. The van der Waals surface area contributed by atoms with Gasteiger partial charge in [0.2, 0.25) is 0 Å². The molecule has 0 bridgehead atoms. The number of nitrogens with zero attached hydrogens (tertiary/aromatic N) is 3. The summed E-state index contributed by atoms with van der Waals surface area (Å²) in [6.07, 6.45) is 0.692. The van der Waals surface area contributed by atoms with Crippen molar-refractivity contribution in [2.75, 3.05) is 11.9 Å². The van der Waals surface area contributed by atoms with Gasteiger partial charge in [0.25, 0.3) is 0 Å². The summed E-state index contributed by atoms with van der Waals surface area (Å²) in [5.41, 5.74) is 4.20. The number of urea groups is 1. The minimum Gasteiger partial charge on any atom is -0.320 e. The molecule has 130 valence electrons. The number of aromatic amines is 1. The van der Waals surface area contributed by atoms with Gasteiger partial charge in [-0.05, 0) is 29.6 Å². The molecule has 0 saturated carbocycles. The molecule has 0 spiro atoms. The molecule has 1 aliphatic heterocycles. The number of benzene rings is 1. The largest absolute Gasteiger partial charge is 0.322 e. The lowest BCUT2D eigenvalue weighted by molar-refractivity contribution is 0.206. The number of rotatable bonds is 2. The van der Waals surface area contributed by atoms with Crippen molar-refractivity contribution >= 4 is 34.7 Å². The summed E-state index contributed by atoms with van der Waals surface area (Å²) < 4.78 is 0. The lowest BCUT2D eigenvalue weighted by Gasteiger charge is -2.27. The topological polar surface area (TPSA) is 84.8 Å². The number of hydrogen-bond donors (Lipinski definition) is 2. The van der Waals surface area contributed by atoms with Gasteiger partial charge in [0.15, 0.2) is 0 Å². The van der Waals surface area contributed by atoms with E-state index < -0.39 is 0 Å². The maximum atomic E-state index is 12.6. The van der Waals surface area contributed by atoms with Crippen molar-refractivity contribution in [3.8, 4) is 17.3 Å². The normalized spacial score (nSPS) is 13.2. The Morgan fingerprint density at radius 3 is 3.12 bits per heavy atom. The molecule has 0 saturated heterocycles. The molecular weight excluding hydrogens is 370 g/mol. The van der Waals surface area contributed by atoms with E-state index in [4.69, 9.17) is 11.6 Å². The Bertz CT molecular complexity index is 1020. The van der Waals surface area contributed by atoms with Gasteiger partial charge in [-0.15, -0.1) is 11.3 Å². The average molecular weight is 384 g/mol. The first-order chi connectivity index (χ1) is 12.7. The van der Waals surface area contributed by atoms with Crippen LogP contribution in [-0.4, -0.2) is 27.7 Å². The molecule has 26 heavy (non-hydrogen) atoms. The Hall–Kier alpha value is -2.82. The van der Waals surface area contributed by atoms with E-state index in [2.05, 4.69) is 21.6 Å². The first-order valence-electron chi connectivity index (χ1n) is 8.01. The van der Waals surface area contributed by atoms with E-state index >= 15 is 0 Å². The van der Waals surface area contributed by atoms with Gasteiger partial charge in [-0.1, -0.05) is 17.7 Å². The summed E-state index contributed by atoms with van der Waals surface area (Å²) >= 11 is 7.36. The Kier molecular flexibility index (Phi) is 4.37. The first-order valence-corrected chi connectivity index (χ1v) is 9.27. The van der Waals surface area contributed by atoms with Gasteiger partial charge in [-0.3, -0.25) is 5.10 Å². The van der Waals surface area contributed by atoms with Crippen LogP contribution in [0.4, 0.5) is 10.5 Å². The van der Waals surface area contributed by atoms with Crippen molar-refractivity contribution in [2.24, 2.45) is 0 Å². The van der Waals surface area contributed by atoms with Crippen LogP contribution >= 0.6 is 22.9 Å². The minimum absolute atomic E-state index is 0.184. The van der Waals surface area contributed by atoms with E-state index in [-0.39, 0.29) is 6.03 Å². The molecule has 2 aromatic heterocycles. The number of fused-ring (bicyclic) bond motifs is 1. The first kappa shape index (κ1) is 16.6. The molecule has 8 heteroatoms. The Labute approximate surface area is 159 Å². The Morgan fingerprint density at radius 2 is 2.31 bits per heavy atom. The van der Waals surface area contributed by atoms with Crippen LogP contribution in [0.1, 0.15) is 16.1 Å². The fourth-order valence-corrected chi connectivity index (χ4v) is 3.92. The molecule has 4 rings (SSSR count). The van der Waals surface area contributed by atoms with Crippen molar-refractivity contribution in [1.82, 2.24) is 15.1 Å². The molecule has 2 amide bonds. The second-order valence-corrected chi connectivity index (χ2v) is 7.27. The molecule has 1 aliphatic rings. The fourth-order valence-electron chi connectivity index (χ4n) is 3.04. The standard InChI is InChI=1S/C18H14ClN5OS/c19-11-2-1-3-12(8-11)21-18(25)24-6-4-15-14(10-24)17(23-22-15)13-5-7-26-16(13)9-20/h1-3,5,7-8H,4,6,10H2,(H,21,25)(H,22,23). The highest BCUT2D eigenvalue weighted by atomic mass is 35.5. The fraction of sp³-hybridized carbons (Fsp3) is 0.167. The monoisotopic (exact) mass is 383 g/mol. The van der Waals surface area contributed by atoms with Gasteiger partial charge in [-0.2, -0.15) is 10.4 Å². The van der Waals surface area contributed by atoms with E-state index in [0.29, 0.717) is 35.1 Å². The maximum absolute atomic E-state index is 12.6. The van der Waals surface area contributed by atoms with E-state index in [1.807, 2.05) is 11.4 Å². The molecule has 1 aromatic carbocycles. The summed E-state index contributed by atoms with van der Waals surface area (Å²) in [5.74, 6) is 0. The van der Waals surface area contributed by atoms with E-state index in [0.717, 1.165) is 22.5 Å². The smallest absolute Gasteiger partial charge is 0.320 e. The number of carbonyl (C=O) groups is 1. The van der Waals surface area contributed by atoms with Gasteiger partial charge < -0.3 is 10.2 Å². The summed E-state index contributed by atoms with van der Waals surface area (Å²) in [6.45, 7) is 1.03. The van der Waals surface area contributed by atoms with Crippen LogP contribution in [0, 0.1) is 11.3 Å². The lowest BCUT2D eigenvalue weighted by atomic mass is 10.0. The number of amides is 2. The molecule has 0 radical (unpaired) electrons.